The van der Waals surface area contributed by atoms with Gasteiger partial charge >= 0.3 is 18.5 Å². The fourth-order valence-electron chi connectivity index (χ4n) is 3.35. The third-order valence-corrected chi connectivity index (χ3v) is 4.83. The van der Waals surface area contributed by atoms with Crippen LogP contribution in [0.2, 0.25) is 0 Å². The van der Waals surface area contributed by atoms with Gasteiger partial charge in [0.1, 0.15) is 30.2 Å². The van der Waals surface area contributed by atoms with Gasteiger partial charge in [-0.2, -0.15) is 5.10 Å². The molecule has 0 radical (unpaired) electrons. The van der Waals surface area contributed by atoms with Gasteiger partial charge in [-0.1, -0.05) is 0 Å². The van der Waals surface area contributed by atoms with Crippen molar-refractivity contribution in [1.29, 1.82) is 0 Å². The minimum absolute atomic E-state index is 0.203. The molecule has 3 rings (SSSR count). The molecule has 2 aromatic heterocycles. The first-order valence-corrected chi connectivity index (χ1v) is 9.20. The van der Waals surface area contributed by atoms with Gasteiger partial charge in [-0.25, -0.2) is 23.9 Å². The Balaban J connectivity index is 2.06. The quantitative estimate of drug-likeness (QED) is 0.505. The summed E-state index contributed by atoms with van der Waals surface area (Å²) in [7, 11) is 3.35. The smallest absolute Gasteiger partial charge is 0.438 e. The van der Waals surface area contributed by atoms with Gasteiger partial charge in [-0.15, -0.1) is 0 Å². The maximum Gasteiger partial charge on any atom is 0.508 e. The summed E-state index contributed by atoms with van der Waals surface area (Å²) in [6.07, 6.45) is -5.47. The number of nitrogens with zero attached hydrogens (tertiary/aromatic N) is 3. The summed E-state index contributed by atoms with van der Waals surface area (Å²) >= 11 is 0. The van der Waals surface area contributed by atoms with E-state index in [4.69, 9.17) is 24.7 Å². The van der Waals surface area contributed by atoms with Gasteiger partial charge in [-0.3, -0.25) is 0 Å². The van der Waals surface area contributed by atoms with Crippen LogP contribution in [0, 0.1) is 0 Å². The van der Waals surface area contributed by atoms with Gasteiger partial charge in [0, 0.05) is 0 Å². The average molecular weight is 454 g/mol. The predicted molar refractivity (Wildman–Crippen MR) is 103 cm³/mol. The molecule has 1 aliphatic heterocycles. The van der Waals surface area contributed by atoms with Gasteiger partial charge in [0.15, 0.2) is 18.0 Å². The first-order valence-electron chi connectivity index (χ1n) is 9.20. The van der Waals surface area contributed by atoms with Gasteiger partial charge in [0.05, 0.1) is 27.0 Å². The van der Waals surface area contributed by atoms with Gasteiger partial charge in [0.25, 0.3) is 0 Å². The second-order valence-electron chi connectivity index (χ2n) is 6.82. The van der Waals surface area contributed by atoms with E-state index in [0.717, 1.165) is 21.3 Å². The summed E-state index contributed by atoms with van der Waals surface area (Å²) in [6.45, 7) is 1.08. The molecule has 0 bridgehead atoms. The molecule has 14 nitrogen and oxygen atoms in total. The number of hydrogen-bond donors (Lipinski definition) is 1. The van der Waals surface area contributed by atoms with Crippen molar-refractivity contribution < 1.29 is 47.5 Å². The van der Waals surface area contributed by atoms with E-state index in [0.29, 0.717) is 11.2 Å². The molecule has 14 heteroatoms. The fourth-order valence-corrected chi connectivity index (χ4v) is 3.35. The van der Waals surface area contributed by atoms with Crippen LogP contribution in [0.5, 0.6) is 0 Å². The summed E-state index contributed by atoms with van der Waals surface area (Å²) in [6, 6.07) is 3.26. The largest absolute Gasteiger partial charge is 0.508 e. The number of nitrogen functional groups attached to an aromatic ring is 1. The molecular weight excluding hydrogens is 432 g/mol. The van der Waals surface area contributed by atoms with E-state index in [2.05, 4.69) is 24.3 Å². The molecule has 1 aliphatic rings. The summed E-state index contributed by atoms with van der Waals surface area (Å²) in [5.74, 6) is 0.203. The van der Waals surface area contributed by atoms with Crippen LogP contribution in [-0.2, 0) is 33.2 Å². The van der Waals surface area contributed by atoms with Gasteiger partial charge in [-0.05, 0) is 19.1 Å². The molecular formula is C18H22N4O10. The lowest BCUT2D eigenvalue weighted by molar-refractivity contribution is -0.115. The van der Waals surface area contributed by atoms with Crippen LogP contribution in [0.4, 0.5) is 20.2 Å². The number of ether oxygens (including phenoxy) is 7. The van der Waals surface area contributed by atoms with Crippen molar-refractivity contribution >= 4 is 29.8 Å². The molecule has 0 unspecified atom stereocenters. The average Bonchev–Trinajstić information content (AvgIpc) is 3.33. The molecule has 4 atom stereocenters. The third-order valence-electron chi connectivity index (χ3n) is 4.83. The molecule has 2 N–H and O–H groups in total. The number of rotatable bonds is 5. The Morgan fingerprint density at radius 1 is 1.09 bits per heavy atom. The summed E-state index contributed by atoms with van der Waals surface area (Å²) in [5.41, 5.74) is 5.26. The van der Waals surface area contributed by atoms with Gasteiger partial charge < -0.3 is 38.9 Å². The van der Waals surface area contributed by atoms with Crippen LogP contribution in [0.15, 0.2) is 18.5 Å². The van der Waals surface area contributed by atoms with Crippen molar-refractivity contribution in [3.63, 3.8) is 0 Å². The second-order valence-corrected chi connectivity index (χ2v) is 6.82. The highest BCUT2D eigenvalue weighted by molar-refractivity contribution is 5.66. The van der Waals surface area contributed by atoms with E-state index in [1.807, 2.05) is 0 Å². The van der Waals surface area contributed by atoms with Crippen LogP contribution < -0.4 is 5.73 Å². The molecule has 2 aromatic rings. The highest BCUT2D eigenvalue weighted by Gasteiger charge is 2.59. The monoisotopic (exact) mass is 454 g/mol. The first kappa shape index (κ1) is 22.9. The molecule has 3 heterocycles. The van der Waals surface area contributed by atoms with Crippen LogP contribution in [0.1, 0.15) is 18.7 Å². The second kappa shape index (κ2) is 9.13. The topological polar surface area (TPSA) is 172 Å². The number of aromatic nitrogens is 3. The zero-order chi connectivity index (χ0) is 23.5. The minimum atomic E-state index is -1.49. The molecule has 32 heavy (non-hydrogen) atoms. The predicted octanol–water partition coefficient (Wildman–Crippen LogP) is 1.23. The van der Waals surface area contributed by atoms with E-state index in [9.17, 15) is 14.4 Å². The number of carbonyl (C=O) groups excluding carboxylic acids is 3. The Morgan fingerprint density at radius 2 is 1.75 bits per heavy atom. The normalized spacial score (nSPS) is 24.6. The molecule has 174 valence electrons. The SMILES string of the molecule is COC(=O)OC[C@@]1(C)O[C@@H](c2ccc3c(N)ncnn23)[C@H](OC(=O)OC)[C@@H]1OC(=O)OC. The van der Waals surface area contributed by atoms with Crippen molar-refractivity contribution in [3.8, 4) is 0 Å². The highest BCUT2D eigenvalue weighted by atomic mass is 16.8. The Labute approximate surface area is 181 Å². The van der Waals surface area contributed by atoms with Crippen LogP contribution in [-0.4, -0.2) is 78.8 Å². The standard InChI is InChI=1S/C18H22N4O10/c1-18(7-29-15(23)26-2)13(31-17(25)28-4)12(30-16(24)27-3)11(32-18)9-5-6-10-14(19)20-8-21-22(9)10/h5-6,8,11-13H,7H2,1-4H3,(H2,19,20,21)/t11-,12-,13-,18+/m0/s1. The van der Waals surface area contributed by atoms with Crippen molar-refractivity contribution in [1.82, 2.24) is 14.6 Å². The van der Waals surface area contributed by atoms with Crippen LogP contribution in [0.25, 0.3) is 5.52 Å². The molecule has 0 aromatic carbocycles. The lowest BCUT2D eigenvalue weighted by atomic mass is 9.96. The summed E-state index contributed by atoms with van der Waals surface area (Å²) in [4.78, 5) is 39.4. The van der Waals surface area contributed by atoms with Crippen molar-refractivity contribution in [3.05, 3.63) is 24.2 Å². The maximum atomic E-state index is 12.0. The Hall–Kier alpha value is -3.81. The summed E-state index contributed by atoms with van der Waals surface area (Å²) < 4.78 is 37.0. The third kappa shape index (κ3) is 4.30. The Bertz CT molecular complexity index is 1010. The Kier molecular flexibility index (Phi) is 6.53. The van der Waals surface area contributed by atoms with Crippen molar-refractivity contribution in [2.24, 2.45) is 0 Å². The van der Waals surface area contributed by atoms with Crippen molar-refractivity contribution in [2.45, 2.75) is 30.8 Å². The molecule has 0 spiro atoms. The van der Waals surface area contributed by atoms with Gasteiger partial charge in [0.2, 0.25) is 0 Å². The zero-order valence-corrected chi connectivity index (χ0v) is 17.7. The molecule has 0 amide bonds. The van der Waals surface area contributed by atoms with Crippen molar-refractivity contribution in [2.75, 3.05) is 33.7 Å². The van der Waals surface area contributed by atoms with E-state index in [1.165, 1.54) is 17.8 Å². The maximum absolute atomic E-state index is 12.0. The number of anilines is 1. The van der Waals surface area contributed by atoms with E-state index in [-0.39, 0.29) is 5.82 Å². The lowest BCUT2D eigenvalue weighted by Crippen LogP contribution is -2.48. The number of fused-ring (bicyclic) bond motifs is 1. The Morgan fingerprint density at radius 3 is 2.41 bits per heavy atom. The van der Waals surface area contributed by atoms with Crippen LogP contribution in [0.3, 0.4) is 0 Å². The molecule has 1 saturated heterocycles. The fraction of sp³-hybridized carbons (Fsp3) is 0.500. The zero-order valence-electron chi connectivity index (χ0n) is 17.7. The lowest BCUT2D eigenvalue weighted by Gasteiger charge is -2.29. The summed E-state index contributed by atoms with van der Waals surface area (Å²) in [5, 5.41) is 4.15. The minimum Gasteiger partial charge on any atom is -0.438 e. The number of methoxy groups -OCH3 is 3. The molecule has 0 aliphatic carbocycles. The van der Waals surface area contributed by atoms with E-state index in [1.54, 1.807) is 12.1 Å². The number of carbonyl (C=O) groups is 3. The number of nitrogens with two attached hydrogens (primary N) is 1. The first-order chi connectivity index (χ1) is 15.2. The molecule has 0 saturated carbocycles. The molecule has 1 fully saturated rings. The van der Waals surface area contributed by atoms with E-state index < -0.39 is 49.0 Å². The van der Waals surface area contributed by atoms with E-state index >= 15 is 0 Å². The number of hydrogen-bond acceptors (Lipinski definition) is 13. The highest BCUT2D eigenvalue weighted by Crippen LogP contribution is 2.44. The van der Waals surface area contributed by atoms with Crippen LogP contribution >= 0.6 is 0 Å².